The zero-order valence-corrected chi connectivity index (χ0v) is 15.9. The third-order valence-corrected chi connectivity index (χ3v) is 4.47. The molecular formula is C18H23FN4O2S. The largest absolute Gasteiger partial charge is 0.352 e. The van der Waals surface area contributed by atoms with Gasteiger partial charge in [0.15, 0.2) is 15.8 Å². The summed E-state index contributed by atoms with van der Waals surface area (Å²) in [5.74, 6) is -0.0300. The lowest BCUT2D eigenvalue weighted by Gasteiger charge is -2.14. The van der Waals surface area contributed by atoms with Gasteiger partial charge in [0.25, 0.3) is 0 Å². The van der Waals surface area contributed by atoms with Crippen molar-refractivity contribution in [1.29, 1.82) is 0 Å². The number of nitrogens with one attached hydrogen (secondary N) is 2. The third kappa shape index (κ3) is 6.44. The van der Waals surface area contributed by atoms with Crippen molar-refractivity contribution in [2.45, 2.75) is 25.8 Å². The number of hydrogen-bond donors (Lipinski definition) is 2. The van der Waals surface area contributed by atoms with E-state index in [-0.39, 0.29) is 12.3 Å². The molecule has 2 N–H and O–H groups in total. The van der Waals surface area contributed by atoms with Gasteiger partial charge in [0.2, 0.25) is 0 Å². The Labute approximate surface area is 153 Å². The zero-order valence-electron chi connectivity index (χ0n) is 15.1. The number of hydrogen-bond acceptors (Lipinski definition) is 4. The second-order valence-electron chi connectivity index (χ2n) is 6.03. The summed E-state index contributed by atoms with van der Waals surface area (Å²) in [6, 6.07) is 9.86. The molecule has 6 nitrogen and oxygen atoms in total. The van der Waals surface area contributed by atoms with Crippen LogP contribution in [0.15, 0.2) is 41.4 Å². The molecule has 0 aliphatic rings. The highest BCUT2D eigenvalue weighted by Crippen LogP contribution is 2.14. The van der Waals surface area contributed by atoms with Gasteiger partial charge in [-0.3, -0.25) is 9.98 Å². The molecule has 1 heterocycles. The number of guanidine groups is 1. The Morgan fingerprint density at radius 2 is 1.88 bits per heavy atom. The minimum absolute atomic E-state index is 0.135. The average Bonchev–Trinajstić information content (AvgIpc) is 2.56. The molecule has 0 fully saturated rings. The Morgan fingerprint density at radius 1 is 1.15 bits per heavy atom. The van der Waals surface area contributed by atoms with Gasteiger partial charge in [-0.05, 0) is 42.3 Å². The number of nitrogens with zero attached hydrogens (tertiary/aromatic N) is 2. The fraction of sp³-hybridized carbons (Fsp3) is 0.333. The molecule has 0 saturated carbocycles. The molecule has 2 rings (SSSR count). The van der Waals surface area contributed by atoms with Crippen molar-refractivity contribution >= 4 is 15.8 Å². The molecule has 0 aliphatic heterocycles. The number of pyridine rings is 1. The molecule has 0 atom stereocenters. The highest BCUT2D eigenvalue weighted by atomic mass is 32.2. The van der Waals surface area contributed by atoms with Crippen molar-refractivity contribution < 1.29 is 12.8 Å². The van der Waals surface area contributed by atoms with Crippen LogP contribution in [0.25, 0.3) is 0 Å². The molecule has 0 unspecified atom stereocenters. The highest BCUT2D eigenvalue weighted by molar-refractivity contribution is 7.89. The predicted octanol–water partition coefficient (Wildman–Crippen LogP) is 1.94. The number of halogens is 1. The Bertz CT molecular complexity index is 898. The lowest BCUT2D eigenvalue weighted by Crippen LogP contribution is -2.36. The first-order valence-electron chi connectivity index (χ1n) is 8.09. The lowest BCUT2D eigenvalue weighted by molar-refractivity contribution is 0.599. The van der Waals surface area contributed by atoms with Gasteiger partial charge in [0, 0.05) is 25.5 Å². The van der Waals surface area contributed by atoms with Crippen LogP contribution in [0.1, 0.15) is 22.5 Å². The van der Waals surface area contributed by atoms with Gasteiger partial charge < -0.3 is 10.6 Å². The van der Waals surface area contributed by atoms with E-state index in [0.29, 0.717) is 23.6 Å². The number of rotatable bonds is 6. The lowest BCUT2D eigenvalue weighted by atomic mass is 10.1. The second kappa shape index (κ2) is 8.75. The van der Waals surface area contributed by atoms with Crippen molar-refractivity contribution in [2.24, 2.45) is 4.99 Å². The van der Waals surface area contributed by atoms with Gasteiger partial charge in [0.05, 0.1) is 18.0 Å². The van der Waals surface area contributed by atoms with Crippen LogP contribution in [0, 0.1) is 12.7 Å². The number of aryl methyl sites for hydroxylation is 1. The Hall–Kier alpha value is -2.48. The SMILES string of the molecule is CN=C(NCc1cccc(C)n1)NCc1cc(F)ccc1CS(C)(=O)=O. The van der Waals surface area contributed by atoms with Crippen molar-refractivity contribution in [3.05, 3.63) is 64.7 Å². The molecule has 0 radical (unpaired) electrons. The van der Waals surface area contributed by atoms with Gasteiger partial charge in [-0.1, -0.05) is 12.1 Å². The Kier molecular flexibility index (Phi) is 6.68. The normalized spacial score (nSPS) is 12.1. The highest BCUT2D eigenvalue weighted by Gasteiger charge is 2.11. The molecule has 0 saturated heterocycles. The summed E-state index contributed by atoms with van der Waals surface area (Å²) in [4.78, 5) is 8.52. The topological polar surface area (TPSA) is 83.4 Å². The standard InChI is InChI=1S/C18H23FN4O2S/c1-13-5-4-6-17(23-13)11-22-18(20-2)21-10-15-9-16(19)8-7-14(15)12-26(3,24)25/h4-9H,10-12H2,1-3H3,(H2,20,21,22). The van der Waals surface area contributed by atoms with Gasteiger partial charge >= 0.3 is 0 Å². The van der Waals surface area contributed by atoms with Crippen LogP contribution in [-0.4, -0.2) is 32.7 Å². The summed E-state index contributed by atoms with van der Waals surface area (Å²) < 4.78 is 36.7. The maximum absolute atomic E-state index is 13.6. The van der Waals surface area contributed by atoms with Crippen LogP contribution in [0.4, 0.5) is 4.39 Å². The third-order valence-electron chi connectivity index (χ3n) is 3.64. The van der Waals surface area contributed by atoms with Gasteiger partial charge in [0.1, 0.15) is 5.82 Å². The molecule has 2 aromatic rings. The van der Waals surface area contributed by atoms with Crippen LogP contribution in [0.3, 0.4) is 0 Å². The van der Waals surface area contributed by atoms with Crippen LogP contribution < -0.4 is 10.6 Å². The number of sulfone groups is 1. The molecule has 0 amide bonds. The molecule has 1 aromatic heterocycles. The van der Waals surface area contributed by atoms with E-state index < -0.39 is 15.7 Å². The minimum atomic E-state index is -3.21. The maximum Gasteiger partial charge on any atom is 0.191 e. The first-order valence-corrected chi connectivity index (χ1v) is 10.1. The van der Waals surface area contributed by atoms with Crippen molar-refractivity contribution in [3.63, 3.8) is 0 Å². The van der Waals surface area contributed by atoms with E-state index in [2.05, 4.69) is 20.6 Å². The Balaban J connectivity index is 2.03. The molecule has 140 valence electrons. The maximum atomic E-state index is 13.6. The van der Waals surface area contributed by atoms with Crippen molar-refractivity contribution in [1.82, 2.24) is 15.6 Å². The molecule has 26 heavy (non-hydrogen) atoms. The van der Waals surface area contributed by atoms with Gasteiger partial charge in [-0.2, -0.15) is 0 Å². The summed E-state index contributed by atoms with van der Waals surface area (Å²) in [7, 11) is -1.58. The van der Waals surface area contributed by atoms with E-state index in [1.807, 2.05) is 25.1 Å². The minimum Gasteiger partial charge on any atom is -0.352 e. The number of aromatic nitrogens is 1. The summed E-state index contributed by atoms with van der Waals surface area (Å²) >= 11 is 0. The number of aliphatic imine (C=N–C) groups is 1. The van der Waals surface area contributed by atoms with E-state index in [1.54, 1.807) is 7.05 Å². The second-order valence-corrected chi connectivity index (χ2v) is 8.17. The fourth-order valence-corrected chi connectivity index (χ4v) is 3.30. The first-order chi connectivity index (χ1) is 12.3. The van der Waals surface area contributed by atoms with E-state index in [0.717, 1.165) is 17.6 Å². The molecule has 8 heteroatoms. The zero-order chi connectivity index (χ0) is 19.2. The van der Waals surface area contributed by atoms with Crippen molar-refractivity contribution in [2.75, 3.05) is 13.3 Å². The van der Waals surface area contributed by atoms with E-state index >= 15 is 0 Å². The summed E-state index contributed by atoms with van der Waals surface area (Å²) in [5.41, 5.74) is 2.94. The summed E-state index contributed by atoms with van der Waals surface area (Å²) in [5, 5.41) is 6.20. The monoisotopic (exact) mass is 378 g/mol. The quantitative estimate of drug-likeness (QED) is 0.593. The van der Waals surface area contributed by atoms with Crippen LogP contribution in [0.2, 0.25) is 0 Å². The average molecular weight is 378 g/mol. The van der Waals surface area contributed by atoms with E-state index in [1.165, 1.54) is 18.2 Å². The van der Waals surface area contributed by atoms with Crippen LogP contribution >= 0.6 is 0 Å². The van der Waals surface area contributed by atoms with E-state index in [9.17, 15) is 12.8 Å². The predicted molar refractivity (Wildman–Crippen MR) is 101 cm³/mol. The molecule has 0 spiro atoms. The summed E-state index contributed by atoms with van der Waals surface area (Å²) in [6.07, 6.45) is 1.16. The van der Waals surface area contributed by atoms with Crippen LogP contribution in [-0.2, 0) is 28.7 Å². The van der Waals surface area contributed by atoms with Gasteiger partial charge in [-0.15, -0.1) is 0 Å². The smallest absolute Gasteiger partial charge is 0.191 e. The molecule has 1 aromatic carbocycles. The fourth-order valence-electron chi connectivity index (χ4n) is 2.45. The molecule has 0 bridgehead atoms. The van der Waals surface area contributed by atoms with E-state index in [4.69, 9.17) is 0 Å². The number of benzene rings is 1. The van der Waals surface area contributed by atoms with Crippen molar-refractivity contribution in [3.8, 4) is 0 Å². The van der Waals surface area contributed by atoms with Gasteiger partial charge in [-0.25, -0.2) is 12.8 Å². The van der Waals surface area contributed by atoms with Crippen LogP contribution in [0.5, 0.6) is 0 Å². The molecule has 0 aliphatic carbocycles. The summed E-state index contributed by atoms with van der Waals surface area (Å²) in [6.45, 7) is 2.66. The first kappa shape index (κ1) is 19.8. The Morgan fingerprint density at radius 3 is 2.54 bits per heavy atom. The molecular weight excluding hydrogens is 355 g/mol.